The predicted octanol–water partition coefficient (Wildman–Crippen LogP) is 0.837. The van der Waals surface area contributed by atoms with Gasteiger partial charge in [0, 0.05) is 18.9 Å². The summed E-state index contributed by atoms with van der Waals surface area (Å²) in [5, 5.41) is 2.96. The van der Waals surface area contributed by atoms with E-state index in [1.165, 1.54) is 0 Å². The summed E-state index contributed by atoms with van der Waals surface area (Å²) in [7, 11) is 1.87. The molecule has 0 spiro atoms. The van der Waals surface area contributed by atoms with E-state index in [1.54, 1.807) is 12.4 Å². The van der Waals surface area contributed by atoms with Gasteiger partial charge in [-0.2, -0.15) is 0 Å². The fraction of sp³-hybridized carbons (Fsp3) is 0.429. The van der Waals surface area contributed by atoms with E-state index >= 15 is 0 Å². The molecule has 12 heavy (non-hydrogen) atoms. The van der Waals surface area contributed by atoms with Crippen LogP contribution in [0.5, 0.6) is 6.01 Å². The number of aromatic nitrogens is 2. The topological polar surface area (TPSA) is 47.0 Å². The zero-order valence-electron chi connectivity index (χ0n) is 6.75. The number of nitrogens with one attached hydrogen (secondary N) is 1. The lowest BCUT2D eigenvalue weighted by molar-refractivity contribution is 0.293. The lowest BCUT2D eigenvalue weighted by atomic mass is 10.7. The maximum absolute atomic E-state index is 5.20. The van der Waals surface area contributed by atoms with Crippen molar-refractivity contribution in [2.24, 2.45) is 0 Å². The van der Waals surface area contributed by atoms with Gasteiger partial charge in [-0.1, -0.05) is 0 Å². The predicted molar refractivity (Wildman–Crippen MR) is 49.2 cm³/mol. The summed E-state index contributed by atoms with van der Waals surface area (Å²) >= 11 is 3.23. The second-order valence-electron chi connectivity index (χ2n) is 2.14. The molecule has 0 aliphatic rings. The standard InChI is InChI=1S/C7H10BrN3O/c1-9-2-3-12-7-10-4-6(8)5-11-7/h4-5,9H,2-3H2,1H3. The molecule has 1 aromatic rings. The normalized spacial score (nSPS) is 9.83. The van der Waals surface area contributed by atoms with Gasteiger partial charge in [0.15, 0.2) is 0 Å². The number of nitrogens with zero attached hydrogens (tertiary/aromatic N) is 2. The van der Waals surface area contributed by atoms with Crippen LogP contribution >= 0.6 is 15.9 Å². The van der Waals surface area contributed by atoms with Gasteiger partial charge in [0.2, 0.25) is 0 Å². The highest BCUT2D eigenvalue weighted by Gasteiger charge is 1.94. The molecule has 1 N–H and O–H groups in total. The Labute approximate surface area is 79.5 Å². The molecule has 1 heterocycles. The molecule has 66 valence electrons. The first kappa shape index (κ1) is 9.41. The van der Waals surface area contributed by atoms with Gasteiger partial charge in [0.05, 0.1) is 4.47 Å². The third-order valence-corrected chi connectivity index (χ3v) is 1.59. The van der Waals surface area contributed by atoms with Crippen molar-refractivity contribution in [3.8, 4) is 6.01 Å². The van der Waals surface area contributed by atoms with E-state index in [1.807, 2.05) is 7.05 Å². The Morgan fingerprint density at radius 3 is 2.75 bits per heavy atom. The fourth-order valence-electron chi connectivity index (χ4n) is 0.619. The van der Waals surface area contributed by atoms with Gasteiger partial charge in [0.1, 0.15) is 6.61 Å². The summed E-state index contributed by atoms with van der Waals surface area (Å²) in [6.07, 6.45) is 3.31. The van der Waals surface area contributed by atoms with Crippen LogP contribution in [0.25, 0.3) is 0 Å². The average molecular weight is 232 g/mol. The monoisotopic (exact) mass is 231 g/mol. The highest BCUT2D eigenvalue weighted by Crippen LogP contribution is 2.07. The molecule has 5 heteroatoms. The van der Waals surface area contributed by atoms with Crippen molar-refractivity contribution < 1.29 is 4.74 Å². The summed E-state index contributed by atoms with van der Waals surface area (Å²) in [4.78, 5) is 7.88. The molecular formula is C7H10BrN3O. The zero-order chi connectivity index (χ0) is 8.81. The smallest absolute Gasteiger partial charge is 0.316 e. The third kappa shape index (κ3) is 3.15. The van der Waals surface area contributed by atoms with Crippen LogP contribution in [-0.2, 0) is 0 Å². The Hall–Kier alpha value is -0.680. The van der Waals surface area contributed by atoms with Gasteiger partial charge >= 0.3 is 6.01 Å². The lowest BCUT2D eigenvalue weighted by Gasteiger charge is -2.02. The SMILES string of the molecule is CNCCOc1ncc(Br)cn1. The molecule has 0 amide bonds. The van der Waals surface area contributed by atoms with Gasteiger partial charge in [-0.15, -0.1) is 0 Å². The van der Waals surface area contributed by atoms with Crippen LogP contribution < -0.4 is 10.1 Å². The lowest BCUT2D eigenvalue weighted by Crippen LogP contribution is -2.16. The Balaban J connectivity index is 2.37. The first-order valence-corrected chi connectivity index (χ1v) is 4.37. The summed E-state index contributed by atoms with van der Waals surface area (Å²) in [5.41, 5.74) is 0. The molecule has 0 aliphatic carbocycles. The second-order valence-corrected chi connectivity index (χ2v) is 3.05. The zero-order valence-corrected chi connectivity index (χ0v) is 8.34. The van der Waals surface area contributed by atoms with E-state index in [4.69, 9.17) is 4.74 Å². The van der Waals surface area contributed by atoms with Gasteiger partial charge in [0.25, 0.3) is 0 Å². The van der Waals surface area contributed by atoms with E-state index in [-0.39, 0.29) is 0 Å². The Kier molecular flexibility index (Phi) is 3.96. The maximum atomic E-state index is 5.20. The van der Waals surface area contributed by atoms with E-state index in [0.717, 1.165) is 11.0 Å². The van der Waals surface area contributed by atoms with Crippen molar-refractivity contribution in [1.82, 2.24) is 15.3 Å². The highest BCUT2D eigenvalue weighted by atomic mass is 79.9. The molecule has 0 unspecified atom stereocenters. The summed E-state index contributed by atoms with van der Waals surface area (Å²) in [5.74, 6) is 0. The van der Waals surface area contributed by atoms with E-state index in [0.29, 0.717) is 12.6 Å². The minimum atomic E-state index is 0.411. The van der Waals surface area contributed by atoms with Crippen molar-refractivity contribution in [2.45, 2.75) is 0 Å². The van der Waals surface area contributed by atoms with Crippen LogP contribution in [0.15, 0.2) is 16.9 Å². The first-order valence-electron chi connectivity index (χ1n) is 3.58. The van der Waals surface area contributed by atoms with E-state index < -0.39 is 0 Å². The molecule has 0 saturated heterocycles. The van der Waals surface area contributed by atoms with Crippen LogP contribution in [0.2, 0.25) is 0 Å². The first-order chi connectivity index (χ1) is 5.83. The minimum Gasteiger partial charge on any atom is -0.462 e. The maximum Gasteiger partial charge on any atom is 0.316 e. The molecule has 0 atom stereocenters. The van der Waals surface area contributed by atoms with Gasteiger partial charge < -0.3 is 10.1 Å². The summed E-state index contributed by atoms with van der Waals surface area (Å²) in [6.45, 7) is 1.37. The average Bonchev–Trinajstić information content (AvgIpc) is 2.09. The quantitative estimate of drug-likeness (QED) is 0.781. The number of hydrogen-bond donors (Lipinski definition) is 1. The molecule has 0 radical (unpaired) electrons. The molecule has 0 bridgehead atoms. The van der Waals surface area contributed by atoms with Crippen LogP contribution in [0.3, 0.4) is 0 Å². The Morgan fingerprint density at radius 2 is 2.17 bits per heavy atom. The van der Waals surface area contributed by atoms with Crippen LogP contribution in [0, 0.1) is 0 Å². The van der Waals surface area contributed by atoms with Gasteiger partial charge in [-0.3, -0.25) is 0 Å². The van der Waals surface area contributed by atoms with Crippen molar-refractivity contribution in [1.29, 1.82) is 0 Å². The third-order valence-electron chi connectivity index (χ3n) is 1.18. The largest absolute Gasteiger partial charge is 0.462 e. The number of halogens is 1. The van der Waals surface area contributed by atoms with Crippen molar-refractivity contribution in [3.05, 3.63) is 16.9 Å². The molecular weight excluding hydrogens is 222 g/mol. The summed E-state index contributed by atoms with van der Waals surface area (Å²) < 4.78 is 6.05. The molecule has 0 fully saturated rings. The Bertz CT molecular complexity index is 227. The van der Waals surface area contributed by atoms with Crippen LogP contribution in [0.4, 0.5) is 0 Å². The summed E-state index contributed by atoms with van der Waals surface area (Å²) in [6, 6.07) is 0.411. The molecule has 4 nitrogen and oxygen atoms in total. The minimum absolute atomic E-state index is 0.411. The Morgan fingerprint density at radius 1 is 1.50 bits per heavy atom. The fourth-order valence-corrected chi connectivity index (χ4v) is 0.824. The molecule has 1 rings (SSSR count). The molecule has 0 aromatic carbocycles. The highest BCUT2D eigenvalue weighted by molar-refractivity contribution is 9.10. The van der Waals surface area contributed by atoms with Crippen molar-refractivity contribution in [2.75, 3.05) is 20.2 Å². The number of hydrogen-bond acceptors (Lipinski definition) is 4. The molecule has 1 aromatic heterocycles. The van der Waals surface area contributed by atoms with Crippen molar-refractivity contribution in [3.63, 3.8) is 0 Å². The van der Waals surface area contributed by atoms with Crippen molar-refractivity contribution >= 4 is 15.9 Å². The number of likely N-dealkylation sites (N-methyl/N-ethyl adjacent to an activating group) is 1. The van der Waals surface area contributed by atoms with Crippen LogP contribution in [-0.4, -0.2) is 30.2 Å². The number of ether oxygens (including phenoxy) is 1. The van der Waals surface area contributed by atoms with E-state index in [9.17, 15) is 0 Å². The van der Waals surface area contributed by atoms with Gasteiger partial charge in [-0.25, -0.2) is 9.97 Å². The number of rotatable bonds is 4. The molecule has 0 aliphatic heterocycles. The molecule has 0 saturated carbocycles. The van der Waals surface area contributed by atoms with Crippen LogP contribution in [0.1, 0.15) is 0 Å². The van der Waals surface area contributed by atoms with Gasteiger partial charge in [-0.05, 0) is 23.0 Å². The van der Waals surface area contributed by atoms with E-state index in [2.05, 4.69) is 31.2 Å². The second kappa shape index (κ2) is 5.05.